The van der Waals surface area contributed by atoms with Gasteiger partial charge in [0.25, 0.3) is 0 Å². The largest absolute Gasteiger partial charge is 0.401 e. The molecule has 0 aromatic heterocycles. The third-order valence-corrected chi connectivity index (χ3v) is 0.752. The summed E-state index contributed by atoms with van der Waals surface area (Å²) in [5.74, 6) is 0. The van der Waals surface area contributed by atoms with Gasteiger partial charge in [-0.05, 0) is 6.92 Å². The highest BCUT2D eigenvalue weighted by Gasteiger charge is 2.25. The molecule has 60 valence electrons. The Morgan fingerprint density at radius 1 is 1.50 bits per heavy atom. The SMILES string of the molecule is C=C(C)CNCC(F)(F)F. The van der Waals surface area contributed by atoms with E-state index in [1.807, 2.05) is 0 Å². The Bertz CT molecular complexity index is 117. The average molecular weight is 153 g/mol. The van der Waals surface area contributed by atoms with Crippen molar-refractivity contribution in [2.24, 2.45) is 0 Å². The van der Waals surface area contributed by atoms with Gasteiger partial charge in [0.1, 0.15) is 0 Å². The highest BCUT2D eigenvalue weighted by molar-refractivity contribution is 4.90. The third-order valence-electron chi connectivity index (χ3n) is 0.752. The van der Waals surface area contributed by atoms with Crippen LogP contribution in [-0.2, 0) is 0 Å². The van der Waals surface area contributed by atoms with E-state index in [0.29, 0.717) is 5.57 Å². The number of halogens is 3. The molecule has 1 nitrogen and oxygen atoms in total. The third kappa shape index (κ3) is 7.49. The van der Waals surface area contributed by atoms with Gasteiger partial charge in [0, 0.05) is 6.54 Å². The second-order valence-electron chi connectivity index (χ2n) is 2.18. The first-order valence-corrected chi connectivity index (χ1v) is 2.83. The highest BCUT2D eigenvalue weighted by atomic mass is 19.4. The van der Waals surface area contributed by atoms with Crippen LogP contribution in [0, 0.1) is 0 Å². The maximum atomic E-state index is 11.4. The molecule has 0 heterocycles. The van der Waals surface area contributed by atoms with Crippen LogP contribution in [0.15, 0.2) is 12.2 Å². The summed E-state index contributed by atoms with van der Waals surface area (Å²) in [5, 5.41) is 2.20. The van der Waals surface area contributed by atoms with E-state index in [-0.39, 0.29) is 6.54 Å². The molecular weight excluding hydrogens is 143 g/mol. The Hall–Kier alpha value is -0.510. The first kappa shape index (κ1) is 9.49. The van der Waals surface area contributed by atoms with Gasteiger partial charge in [-0.1, -0.05) is 12.2 Å². The van der Waals surface area contributed by atoms with Crippen molar-refractivity contribution in [3.8, 4) is 0 Å². The maximum Gasteiger partial charge on any atom is 0.401 e. The first-order chi connectivity index (χ1) is 4.42. The summed E-state index contributed by atoms with van der Waals surface area (Å²) >= 11 is 0. The van der Waals surface area contributed by atoms with Gasteiger partial charge in [0.15, 0.2) is 0 Å². The summed E-state index contributed by atoms with van der Waals surface area (Å²) < 4.78 is 34.2. The first-order valence-electron chi connectivity index (χ1n) is 2.83. The van der Waals surface area contributed by atoms with E-state index >= 15 is 0 Å². The molecule has 0 radical (unpaired) electrons. The topological polar surface area (TPSA) is 12.0 Å². The number of nitrogens with one attached hydrogen (secondary N) is 1. The van der Waals surface area contributed by atoms with Crippen LogP contribution < -0.4 is 5.32 Å². The molecule has 0 atom stereocenters. The fraction of sp³-hybridized carbons (Fsp3) is 0.667. The lowest BCUT2D eigenvalue weighted by atomic mass is 10.3. The van der Waals surface area contributed by atoms with Gasteiger partial charge in [-0.2, -0.15) is 13.2 Å². The van der Waals surface area contributed by atoms with E-state index in [2.05, 4.69) is 11.9 Å². The van der Waals surface area contributed by atoms with Gasteiger partial charge in [-0.15, -0.1) is 0 Å². The van der Waals surface area contributed by atoms with E-state index in [4.69, 9.17) is 0 Å². The Kier molecular flexibility index (Phi) is 3.42. The van der Waals surface area contributed by atoms with Gasteiger partial charge in [0.05, 0.1) is 6.54 Å². The van der Waals surface area contributed by atoms with E-state index in [9.17, 15) is 13.2 Å². The fourth-order valence-corrected chi connectivity index (χ4v) is 0.418. The zero-order chi connectivity index (χ0) is 8.20. The molecule has 0 saturated carbocycles. The van der Waals surface area contributed by atoms with Crippen LogP contribution in [0.1, 0.15) is 6.92 Å². The number of alkyl halides is 3. The standard InChI is InChI=1S/C6H10F3N/c1-5(2)3-10-4-6(7,8)9/h10H,1,3-4H2,2H3. The second-order valence-corrected chi connectivity index (χ2v) is 2.18. The smallest absolute Gasteiger partial charge is 0.305 e. The Morgan fingerprint density at radius 2 is 2.00 bits per heavy atom. The predicted octanol–water partition coefficient (Wildman–Crippen LogP) is 1.71. The van der Waals surface area contributed by atoms with E-state index in [1.54, 1.807) is 6.92 Å². The lowest BCUT2D eigenvalue weighted by Gasteiger charge is -2.06. The lowest BCUT2D eigenvalue weighted by Crippen LogP contribution is -2.29. The Morgan fingerprint density at radius 3 is 2.30 bits per heavy atom. The molecule has 0 bridgehead atoms. The second kappa shape index (κ2) is 3.61. The molecule has 4 heteroatoms. The van der Waals surface area contributed by atoms with Crippen molar-refractivity contribution in [2.45, 2.75) is 13.1 Å². The summed E-state index contributed by atoms with van der Waals surface area (Å²) in [5.41, 5.74) is 0.698. The molecule has 10 heavy (non-hydrogen) atoms. The van der Waals surface area contributed by atoms with Crippen molar-refractivity contribution < 1.29 is 13.2 Å². The van der Waals surface area contributed by atoms with Gasteiger partial charge in [-0.25, -0.2) is 0 Å². The molecule has 0 fully saturated rings. The Labute approximate surface area is 57.9 Å². The zero-order valence-corrected chi connectivity index (χ0v) is 5.76. The average Bonchev–Trinajstić information content (AvgIpc) is 1.59. The van der Waals surface area contributed by atoms with Gasteiger partial charge in [-0.3, -0.25) is 0 Å². The van der Waals surface area contributed by atoms with Crippen LogP contribution >= 0.6 is 0 Å². The van der Waals surface area contributed by atoms with Gasteiger partial charge in [0.2, 0.25) is 0 Å². The minimum atomic E-state index is -4.12. The van der Waals surface area contributed by atoms with E-state index in [0.717, 1.165) is 0 Å². The summed E-state index contributed by atoms with van der Waals surface area (Å²) in [4.78, 5) is 0. The number of rotatable bonds is 3. The molecule has 0 saturated heterocycles. The van der Waals surface area contributed by atoms with Crippen LogP contribution in [0.25, 0.3) is 0 Å². The van der Waals surface area contributed by atoms with E-state index in [1.165, 1.54) is 0 Å². The highest BCUT2D eigenvalue weighted by Crippen LogP contribution is 2.11. The minimum Gasteiger partial charge on any atom is -0.305 e. The molecule has 0 aliphatic heterocycles. The van der Waals surface area contributed by atoms with Crippen molar-refractivity contribution in [3.63, 3.8) is 0 Å². The molecule has 0 spiro atoms. The molecule has 0 amide bonds. The monoisotopic (exact) mass is 153 g/mol. The normalized spacial score (nSPS) is 11.6. The van der Waals surface area contributed by atoms with Crippen molar-refractivity contribution in [2.75, 3.05) is 13.1 Å². The van der Waals surface area contributed by atoms with Gasteiger partial charge >= 0.3 is 6.18 Å². The summed E-state index contributed by atoms with van der Waals surface area (Å²) in [7, 11) is 0. The van der Waals surface area contributed by atoms with Crippen LogP contribution in [-0.4, -0.2) is 19.3 Å². The molecule has 0 aromatic carbocycles. The van der Waals surface area contributed by atoms with Crippen molar-refractivity contribution in [1.82, 2.24) is 5.32 Å². The van der Waals surface area contributed by atoms with Crippen LogP contribution in [0.5, 0.6) is 0 Å². The van der Waals surface area contributed by atoms with E-state index < -0.39 is 12.7 Å². The molecule has 1 N–H and O–H groups in total. The molecule has 0 unspecified atom stereocenters. The minimum absolute atomic E-state index is 0.222. The Balaban J connectivity index is 3.29. The van der Waals surface area contributed by atoms with Crippen molar-refractivity contribution >= 4 is 0 Å². The molecule has 0 rings (SSSR count). The maximum absolute atomic E-state index is 11.4. The van der Waals surface area contributed by atoms with Crippen molar-refractivity contribution in [1.29, 1.82) is 0 Å². The lowest BCUT2D eigenvalue weighted by molar-refractivity contribution is -0.124. The van der Waals surface area contributed by atoms with Gasteiger partial charge < -0.3 is 5.32 Å². The molecule has 0 aliphatic rings. The summed E-state index contributed by atoms with van der Waals surface area (Å²) in [6.45, 7) is 4.39. The molecular formula is C6H10F3N. The van der Waals surface area contributed by atoms with Crippen molar-refractivity contribution in [3.05, 3.63) is 12.2 Å². The molecule has 0 aliphatic carbocycles. The van der Waals surface area contributed by atoms with Crippen LogP contribution in [0.4, 0.5) is 13.2 Å². The fourth-order valence-electron chi connectivity index (χ4n) is 0.418. The number of hydrogen-bond donors (Lipinski definition) is 1. The zero-order valence-electron chi connectivity index (χ0n) is 5.76. The quantitative estimate of drug-likeness (QED) is 0.608. The van der Waals surface area contributed by atoms with Crippen LogP contribution in [0.3, 0.4) is 0 Å². The van der Waals surface area contributed by atoms with Crippen LogP contribution in [0.2, 0.25) is 0 Å². The predicted molar refractivity (Wildman–Crippen MR) is 33.7 cm³/mol. The molecule has 0 aromatic rings. The summed E-state index contributed by atoms with van der Waals surface area (Å²) in [6, 6.07) is 0. The summed E-state index contributed by atoms with van der Waals surface area (Å²) in [6.07, 6.45) is -4.12. The number of hydrogen-bond acceptors (Lipinski definition) is 1.